The van der Waals surface area contributed by atoms with E-state index in [0.717, 1.165) is 13.8 Å². The first-order valence-electron chi connectivity index (χ1n) is 12.0. The summed E-state index contributed by atoms with van der Waals surface area (Å²) in [5.41, 5.74) is -10.1. The van der Waals surface area contributed by atoms with Gasteiger partial charge in [-0.25, -0.2) is 0 Å². The maximum atomic E-state index is 14.0. The lowest BCUT2D eigenvalue weighted by Gasteiger charge is -2.67. The van der Waals surface area contributed by atoms with Gasteiger partial charge in [-0.05, 0) is 54.0 Å². The van der Waals surface area contributed by atoms with Gasteiger partial charge in [0.1, 0.15) is 39.3 Å². The van der Waals surface area contributed by atoms with Crippen molar-refractivity contribution in [1.29, 1.82) is 0 Å². The van der Waals surface area contributed by atoms with Crippen LogP contribution in [0, 0.1) is 22.7 Å². The molecule has 194 valence electrons. The number of ketones is 4. The Morgan fingerprint density at radius 3 is 2.14 bits per heavy atom. The molecule has 0 spiro atoms. The number of aliphatic hydroxyl groups excluding tert-OH is 2. The van der Waals surface area contributed by atoms with E-state index in [1.807, 2.05) is 0 Å². The fourth-order valence-corrected chi connectivity index (χ4v) is 6.68. The topological polar surface area (TPSA) is 149 Å². The van der Waals surface area contributed by atoms with Gasteiger partial charge in [-0.1, -0.05) is 30.4 Å². The normalized spacial score (nSPS) is 40.2. The lowest BCUT2D eigenvalue weighted by molar-refractivity contribution is -0.223. The molecule has 0 aromatic rings. The average Bonchev–Trinajstić information content (AvgIpc) is 2.81. The van der Waals surface area contributed by atoms with Gasteiger partial charge < -0.3 is 20.4 Å². The predicted molar refractivity (Wildman–Crippen MR) is 132 cm³/mol. The highest BCUT2D eigenvalue weighted by molar-refractivity contribution is 6.32. The van der Waals surface area contributed by atoms with Crippen molar-refractivity contribution in [3.05, 3.63) is 59.1 Å². The van der Waals surface area contributed by atoms with Crippen LogP contribution >= 0.6 is 0 Å². The fourth-order valence-electron chi connectivity index (χ4n) is 6.68. The number of hydrogen-bond donors (Lipinski definition) is 4. The van der Waals surface area contributed by atoms with Crippen LogP contribution in [-0.4, -0.2) is 54.8 Å². The van der Waals surface area contributed by atoms with Gasteiger partial charge in [0, 0.05) is 29.4 Å². The summed E-state index contributed by atoms with van der Waals surface area (Å²) in [6.07, 6.45) is 9.31. The molecule has 8 nitrogen and oxygen atoms in total. The Morgan fingerprint density at radius 1 is 0.972 bits per heavy atom. The summed E-state index contributed by atoms with van der Waals surface area (Å²) < 4.78 is 0. The van der Waals surface area contributed by atoms with E-state index < -0.39 is 68.5 Å². The summed E-state index contributed by atoms with van der Waals surface area (Å²) in [6, 6.07) is 0. The number of rotatable bonds is 6. The molecule has 3 saturated carbocycles. The van der Waals surface area contributed by atoms with Crippen molar-refractivity contribution in [3.63, 3.8) is 0 Å². The van der Waals surface area contributed by atoms with Crippen LogP contribution in [0.5, 0.6) is 0 Å². The van der Waals surface area contributed by atoms with Crippen molar-refractivity contribution in [2.24, 2.45) is 22.7 Å². The standard InChI is InChI=1S/C28H34O8/c1-7-9-11-13-16(29)18-19-20-27(6,36)21(31)15(3)22(32)28(20,17(30)14-12-10-8-2)25(4,23(18)33)24(34)26(19,5)35/h7-11,13,19-20,29,31,35-36H,12,14H2,1-6H3/b9-7+,10-8+,13-11+,18-16+/t19-,20-,25-,26+,27+,28-/m1/s1. The van der Waals surface area contributed by atoms with Crippen LogP contribution in [0.25, 0.3) is 0 Å². The zero-order valence-corrected chi connectivity index (χ0v) is 21.5. The molecule has 0 amide bonds. The van der Waals surface area contributed by atoms with Gasteiger partial charge in [-0.2, -0.15) is 0 Å². The Morgan fingerprint density at radius 2 is 1.58 bits per heavy atom. The Labute approximate surface area is 210 Å². The van der Waals surface area contributed by atoms with Gasteiger partial charge in [0.2, 0.25) is 0 Å². The summed E-state index contributed by atoms with van der Waals surface area (Å²) in [4.78, 5) is 55.9. The van der Waals surface area contributed by atoms with Gasteiger partial charge in [0.15, 0.2) is 17.3 Å². The largest absolute Gasteiger partial charge is 0.509 e. The predicted octanol–water partition coefficient (Wildman–Crippen LogP) is 3.16. The molecule has 0 aromatic heterocycles. The molecule has 0 radical (unpaired) electrons. The number of fused-ring (bicyclic) bond motifs is 2. The monoisotopic (exact) mass is 498 g/mol. The van der Waals surface area contributed by atoms with Crippen LogP contribution in [0.1, 0.15) is 54.4 Å². The van der Waals surface area contributed by atoms with E-state index in [0.29, 0.717) is 0 Å². The average molecular weight is 499 g/mol. The van der Waals surface area contributed by atoms with Crippen LogP contribution in [-0.2, 0) is 19.2 Å². The quantitative estimate of drug-likeness (QED) is 0.143. The first kappa shape index (κ1) is 27.5. The van der Waals surface area contributed by atoms with Gasteiger partial charge in [-0.3, -0.25) is 19.2 Å². The Hall–Kier alpha value is -3.10. The molecule has 8 heteroatoms. The van der Waals surface area contributed by atoms with Crippen molar-refractivity contribution >= 4 is 23.1 Å². The van der Waals surface area contributed by atoms with Crippen molar-refractivity contribution in [3.8, 4) is 0 Å². The summed E-state index contributed by atoms with van der Waals surface area (Å²) in [5.74, 6) is -8.20. The number of carbonyl (C=O) groups excluding carboxylic acids is 4. The molecule has 4 N–H and O–H groups in total. The maximum absolute atomic E-state index is 14.0. The lowest BCUT2D eigenvalue weighted by Crippen LogP contribution is -2.82. The number of carbonyl (C=O) groups is 4. The summed E-state index contributed by atoms with van der Waals surface area (Å²) in [6.45, 7) is 8.19. The molecule has 6 atom stereocenters. The van der Waals surface area contributed by atoms with E-state index in [-0.39, 0.29) is 24.0 Å². The first-order valence-corrected chi connectivity index (χ1v) is 12.0. The van der Waals surface area contributed by atoms with E-state index in [2.05, 4.69) is 0 Å². The minimum Gasteiger partial charge on any atom is -0.509 e. The minimum atomic E-state index is -2.44. The molecule has 0 heterocycles. The highest BCUT2D eigenvalue weighted by Gasteiger charge is 2.85. The van der Waals surface area contributed by atoms with Gasteiger partial charge in [0.05, 0.1) is 0 Å². The second-order valence-corrected chi connectivity index (χ2v) is 10.4. The summed E-state index contributed by atoms with van der Waals surface area (Å²) in [7, 11) is 0. The number of Topliss-reactive ketones (excluding diaryl/α,β-unsaturated/α-hetero) is 4. The van der Waals surface area contributed by atoms with Crippen molar-refractivity contribution in [2.45, 2.75) is 65.6 Å². The van der Waals surface area contributed by atoms with E-state index in [4.69, 9.17) is 0 Å². The highest BCUT2D eigenvalue weighted by Crippen LogP contribution is 2.70. The number of hydrogen-bond acceptors (Lipinski definition) is 8. The molecular formula is C28H34O8. The minimum absolute atomic E-state index is 0.214. The zero-order valence-electron chi connectivity index (χ0n) is 21.5. The molecule has 4 aliphatic carbocycles. The summed E-state index contributed by atoms with van der Waals surface area (Å²) >= 11 is 0. The van der Waals surface area contributed by atoms with Crippen LogP contribution in [0.4, 0.5) is 0 Å². The first-order chi connectivity index (χ1) is 16.6. The third-order valence-electron chi connectivity index (χ3n) is 8.30. The van der Waals surface area contributed by atoms with Crippen molar-refractivity contribution in [1.82, 2.24) is 0 Å². The molecule has 2 bridgehead atoms. The third kappa shape index (κ3) is 3.13. The van der Waals surface area contributed by atoms with E-state index >= 15 is 0 Å². The van der Waals surface area contributed by atoms with Gasteiger partial charge in [0.25, 0.3) is 0 Å². The molecule has 36 heavy (non-hydrogen) atoms. The Balaban J connectivity index is 2.51. The number of aliphatic hydroxyl groups is 4. The van der Waals surface area contributed by atoms with Crippen molar-refractivity contribution < 1.29 is 39.6 Å². The van der Waals surface area contributed by atoms with Gasteiger partial charge >= 0.3 is 0 Å². The Kier molecular flexibility index (Phi) is 6.70. The van der Waals surface area contributed by atoms with Crippen molar-refractivity contribution in [2.75, 3.05) is 0 Å². The van der Waals surface area contributed by atoms with Crippen LogP contribution < -0.4 is 0 Å². The SMILES string of the molecule is C/C=C/C=C/C(O)=C1\C(=O)[C@]2(C)C(=O)[C@@](C)(O)[C@H]1[C@H]1[C@]2(C(=O)CC/C=C/C)C(=O)C(C)=C(O)[C@@]1(C)O. The molecular weight excluding hydrogens is 464 g/mol. The van der Waals surface area contributed by atoms with E-state index in [1.165, 1.54) is 26.0 Å². The summed E-state index contributed by atoms with van der Waals surface area (Å²) in [5, 5.41) is 45.0. The number of allylic oxidation sites excluding steroid dienone is 7. The molecule has 0 unspecified atom stereocenters. The molecule has 3 fully saturated rings. The highest BCUT2D eigenvalue weighted by atomic mass is 16.3. The molecule has 4 aliphatic rings. The molecule has 0 aliphatic heterocycles. The lowest BCUT2D eigenvalue weighted by atomic mass is 9.32. The second kappa shape index (κ2) is 8.78. The Bertz CT molecular complexity index is 1190. The second-order valence-electron chi connectivity index (χ2n) is 10.4. The van der Waals surface area contributed by atoms with Crippen LogP contribution in [0.2, 0.25) is 0 Å². The molecule has 0 aromatic carbocycles. The van der Waals surface area contributed by atoms with E-state index in [9.17, 15) is 39.6 Å². The molecule has 4 rings (SSSR count). The third-order valence-corrected chi connectivity index (χ3v) is 8.30. The zero-order chi connectivity index (χ0) is 27.4. The molecule has 0 saturated heterocycles. The fraction of sp³-hybridized carbons (Fsp3) is 0.500. The van der Waals surface area contributed by atoms with Crippen LogP contribution in [0.3, 0.4) is 0 Å². The maximum Gasteiger partial charge on any atom is 0.179 e. The van der Waals surface area contributed by atoms with Crippen LogP contribution in [0.15, 0.2) is 59.1 Å². The van der Waals surface area contributed by atoms with E-state index in [1.54, 1.807) is 38.2 Å². The smallest absolute Gasteiger partial charge is 0.179 e. The van der Waals surface area contributed by atoms with Gasteiger partial charge in [-0.15, -0.1) is 0 Å².